The van der Waals surface area contributed by atoms with Crippen molar-refractivity contribution in [2.45, 2.75) is 13.5 Å². The second-order valence-corrected chi connectivity index (χ2v) is 5.79. The average Bonchev–Trinajstić information content (AvgIpc) is 2.34. The summed E-state index contributed by atoms with van der Waals surface area (Å²) in [6.07, 6.45) is 1.19. The van der Waals surface area contributed by atoms with Gasteiger partial charge in [0, 0.05) is 6.54 Å². The molecule has 0 unspecified atom stereocenters. The van der Waals surface area contributed by atoms with Crippen molar-refractivity contribution in [2.24, 2.45) is 0 Å². The van der Waals surface area contributed by atoms with Crippen LogP contribution in [0.4, 0.5) is 0 Å². The molecule has 5 heteroatoms. The highest BCUT2D eigenvalue weighted by molar-refractivity contribution is 7.88. The van der Waals surface area contributed by atoms with Crippen molar-refractivity contribution >= 4 is 10.0 Å². The van der Waals surface area contributed by atoms with E-state index in [2.05, 4.69) is 11.8 Å². The molecular weight excluding hydrogens is 250 g/mol. The molecule has 4 nitrogen and oxygen atoms in total. The zero-order valence-electron chi connectivity index (χ0n) is 10.8. The Hall–Kier alpha value is -1.51. The summed E-state index contributed by atoms with van der Waals surface area (Å²) in [5, 5.41) is 0. The molecule has 98 valence electrons. The van der Waals surface area contributed by atoms with Crippen molar-refractivity contribution in [3.8, 4) is 17.6 Å². The van der Waals surface area contributed by atoms with Gasteiger partial charge in [0.2, 0.25) is 10.0 Å². The number of sulfonamides is 1. The smallest absolute Gasteiger partial charge is 0.212 e. The van der Waals surface area contributed by atoms with E-state index < -0.39 is 10.0 Å². The molecule has 0 N–H and O–H groups in total. The van der Waals surface area contributed by atoms with Crippen molar-refractivity contribution in [3.05, 3.63) is 29.8 Å². The van der Waals surface area contributed by atoms with E-state index in [9.17, 15) is 8.42 Å². The molecule has 0 aliphatic carbocycles. The first kappa shape index (κ1) is 14.6. The molecule has 0 heterocycles. The first-order valence-electron chi connectivity index (χ1n) is 5.45. The summed E-state index contributed by atoms with van der Waals surface area (Å²) in [5.74, 6) is 6.22. The standard InChI is InChI=1S/C13H17NO3S/c1-4-5-10-14(18(3,15)16)11-12-6-8-13(17-2)9-7-12/h6-9H,10-11H2,1-3H3. The van der Waals surface area contributed by atoms with Crippen LogP contribution in [0, 0.1) is 11.8 Å². The van der Waals surface area contributed by atoms with Gasteiger partial charge in [-0.2, -0.15) is 4.31 Å². The highest BCUT2D eigenvalue weighted by Crippen LogP contribution is 2.14. The van der Waals surface area contributed by atoms with Gasteiger partial charge >= 0.3 is 0 Å². The molecule has 0 spiro atoms. The van der Waals surface area contributed by atoms with E-state index in [4.69, 9.17) is 4.74 Å². The van der Waals surface area contributed by atoms with Crippen molar-refractivity contribution in [1.29, 1.82) is 0 Å². The molecule has 1 aromatic carbocycles. The Morgan fingerprint density at radius 2 is 1.89 bits per heavy atom. The van der Waals surface area contributed by atoms with Gasteiger partial charge in [0.05, 0.1) is 19.9 Å². The fourth-order valence-electron chi connectivity index (χ4n) is 1.39. The van der Waals surface area contributed by atoms with Crippen LogP contribution >= 0.6 is 0 Å². The van der Waals surface area contributed by atoms with Gasteiger partial charge in [0.25, 0.3) is 0 Å². The van der Waals surface area contributed by atoms with Crippen LogP contribution in [-0.4, -0.2) is 32.6 Å². The predicted molar refractivity (Wildman–Crippen MR) is 71.7 cm³/mol. The molecule has 0 saturated heterocycles. The lowest BCUT2D eigenvalue weighted by molar-refractivity contribution is 0.414. The number of rotatable bonds is 5. The number of nitrogens with zero attached hydrogens (tertiary/aromatic N) is 1. The van der Waals surface area contributed by atoms with E-state index in [1.54, 1.807) is 26.2 Å². The molecule has 1 rings (SSSR count). The zero-order valence-corrected chi connectivity index (χ0v) is 11.6. The molecule has 0 amide bonds. The summed E-state index contributed by atoms with van der Waals surface area (Å²) in [5.41, 5.74) is 0.902. The summed E-state index contributed by atoms with van der Waals surface area (Å²) in [7, 11) is -1.66. The monoisotopic (exact) mass is 267 g/mol. The van der Waals surface area contributed by atoms with E-state index in [1.807, 2.05) is 12.1 Å². The van der Waals surface area contributed by atoms with Gasteiger partial charge in [-0.25, -0.2) is 8.42 Å². The second-order valence-electron chi connectivity index (χ2n) is 3.81. The van der Waals surface area contributed by atoms with Crippen LogP contribution in [-0.2, 0) is 16.6 Å². The van der Waals surface area contributed by atoms with Gasteiger partial charge in [-0.3, -0.25) is 0 Å². The fourth-order valence-corrected chi connectivity index (χ4v) is 2.07. The van der Waals surface area contributed by atoms with Gasteiger partial charge in [-0.15, -0.1) is 5.92 Å². The third-order valence-electron chi connectivity index (χ3n) is 2.42. The summed E-state index contributed by atoms with van der Waals surface area (Å²) in [6.45, 7) is 2.21. The minimum Gasteiger partial charge on any atom is -0.497 e. The van der Waals surface area contributed by atoms with Crippen LogP contribution in [0.2, 0.25) is 0 Å². The zero-order chi connectivity index (χ0) is 13.6. The number of benzene rings is 1. The average molecular weight is 267 g/mol. The van der Waals surface area contributed by atoms with E-state index in [0.29, 0.717) is 6.54 Å². The molecule has 1 aromatic rings. The third kappa shape index (κ3) is 4.40. The van der Waals surface area contributed by atoms with Gasteiger partial charge in [0.15, 0.2) is 0 Å². The molecule has 0 bridgehead atoms. The number of hydrogen-bond donors (Lipinski definition) is 0. The summed E-state index contributed by atoms with van der Waals surface area (Å²) in [4.78, 5) is 0. The Bertz CT molecular complexity index is 538. The van der Waals surface area contributed by atoms with Crippen LogP contribution in [0.3, 0.4) is 0 Å². The Labute approximate surface area is 109 Å². The van der Waals surface area contributed by atoms with Crippen molar-refractivity contribution in [2.75, 3.05) is 19.9 Å². The predicted octanol–water partition coefficient (Wildman–Crippen LogP) is 1.48. The normalized spacial score (nSPS) is 10.9. The second kappa shape index (κ2) is 6.43. The number of methoxy groups -OCH3 is 1. The number of hydrogen-bond acceptors (Lipinski definition) is 3. The van der Waals surface area contributed by atoms with Gasteiger partial charge in [-0.05, 0) is 24.6 Å². The summed E-state index contributed by atoms with van der Waals surface area (Å²) < 4.78 is 29.6. The van der Waals surface area contributed by atoms with E-state index in [-0.39, 0.29) is 6.54 Å². The lowest BCUT2D eigenvalue weighted by Gasteiger charge is -2.17. The van der Waals surface area contributed by atoms with Gasteiger partial charge < -0.3 is 4.74 Å². The SMILES string of the molecule is CC#CCN(Cc1ccc(OC)cc1)S(C)(=O)=O. The Morgan fingerprint density at radius 1 is 1.28 bits per heavy atom. The molecule has 0 aliphatic heterocycles. The molecule has 0 aliphatic rings. The maximum atomic E-state index is 11.6. The maximum Gasteiger partial charge on any atom is 0.212 e. The lowest BCUT2D eigenvalue weighted by atomic mass is 10.2. The largest absolute Gasteiger partial charge is 0.497 e. The Morgan fingerprint density at radius 3 is 2.33 bits per heavy atom. The Balaban J connectivity index is 2.84. The van der Waals surface area contributed by atoms with Gasteiger partial charge in [-0.1, -0.05) is 18.1 Å². The molecule has 0 fully saturated rings. The van der Waals surface area contributed by atoms with Crippen LogP contribution in [0.5, 0.6) is 5.75 Å². The number of ether oxygens (including phenoxy) is 1. The van der Waals surface area contributed by atoms with Crippen molar-refractivity contribution < 1.29 is 13.2 Å². The van der Waals surface area contributed by atoms with E-state index in [0.717, 1.165) is 11.3 Å². The molecule has 0 atom stereocenters. The third-order valence-corrected chi connectivity index (χ3v) is 3.62. The molecule has 0 aromatic heterocycles. The first-order chi connectivity index (χ1) is 8.47. The minimum absolute atomic E-state index is 0.210. The van der Waals surface area contributed by atoms with Crippen molar-refractivity contribution in [3.63, 3.8) is 0 Å². The lowest BCUT2D eigenvalue weighted by Crippen LogP contribution is -2.29. The maximum absolute atomic E-state index is 11.6. The summed E-state index contributed by atoms with van der Waals surface area (Å²) >= 11 is 0. The highest BCUT2D eigenvalue weighted by atomic mass is 32.2. The molecule has 0 radical (unpaired) electrons. The van der Waals surface area contributed by atoms with Crippen LogP contribution in [0.25, 0.3) is 0 Å². The molecule has 18 heavy (non-hydrogen) atoms. The molecule has 0 saturated carbocycles. The quantitative estimate of drug-likeness (QED) is 0.759. The van der Waals surface area contributed by atoms with Crippen LogP contribution in [0.15, 0.2) is 24.3 Å². The Kier molecular flexibility index (Phi) is 5.20. The van der Waals surface area contributed by atoms with Crippen LogP contribution in [0.1, 0.15) is 12.5 Å². The highest BCUT2D eigenvalue weighted by Gasteiger charge is 2.15. The minimum atomic E-state index is -3.25. The first-order valence-corrected chi connectivity index (χ1v) is 7.30. The van der Waals surface area contributed by atoms with Crippen molar-refractivity contribution in [1.82, 2.24) is 4.31 Å². The van der Waals surface area contributed by atoms with Gasteiger partial charge in [0.1, 0.15) is 5.75 Å². The summed E-state index contributed by atoms with van der Waals surface area (Å²) in [6, 6.07) is 7.30. The van der Waals surface area contributed by atoms with E-state index in [1.165, 1.54) is 10.6 Å². The fraction of sp³-hybridized carbons (Fsp3) is 0.385. The topological polar surface area (TPSA) is 46.6 Å². The molecular formula is C13H17NO3S. The van der Waals surface area contributed by atoms with E-state index >= 15 is 0 Å². The van der Waals surface area contributed by atoms with Crippen LogP contribution < -0.4 is 4.74 Å².